The van der Waals surface area contributed by atoms with Gasteiger partial charge in [-0.05, 0) is 13.3 Å². The quantitative estimate of drug-likeness (QED) is 0.528. The molecule has 0 radical (unpaired) electrons. The predicted molar refractivity (Wildman–Crippen MR) is 61.8 cm³/mol. The van der Waals surface area contributed by atoms with E-state index in [1.807, 2.05) is 13.8 Å². The standard InChI is InChI=1S/C8H19O3P.C2H6/c1-3-5-6-7-8-12(9,10)11-4-2;1-2/h3-8H2,1-2H3,(H,9,10);1-2H3. The van der Waals surface area contributed by atoms with Crippen molar-refractivity contribution in [2.45, 2.75) is 53.4 Å². The van der Waals surface area contributed by atoms with E-state index in [4.69, 9.17) is 9.42 Å². The molecule has 14 heavy (non-hydrogen) atoms. The summed E-state index contributed by atoms with van der Waals surface area (Å²) >= 11 is 0. The van der Waals surface area contributed by atoms with Gasteiger partial charge in [0, 0.05) is 6.16 Å². The Hall–Kier alpha value is 0.150. The summed E-state index contributed by atoms with van der Waals surface area (Å²) in [5.74, 6) is 0. The summed E-state index contributed by atoms with van der Waals surface area (Å²) < 4.78 is 15.8. The van der Waals surface area contributed by atoms with Crippen LogP contribution in [0.4, 0.5) is 0 Å². The Labute approximate surface area is 88.4 Å². The first-order valence-corrected chi connectivity index (χ1v) is 7.35. The number of hydrogen-bond acceptors (Lipinski definition) is 2. The molecule has 3 nitrogen and oxygen atoms in total. The lowest BCUT2D eigenvalue weighted by Crippen LogP contribution is -1.94. The molecule has 0 spiro atoms. The van der Waals surface area contributed by atoms with Crippen molar-refractivity contribution < 1.29 is 14.0 Å². The van der Waals surface area contributed by atoms with Crippen LogP contribution in [0.1, 0.15) is 53.4 Å². The Kier molecular flexibility index (Phi) is 13.3. The normalized spacial score (nSPS) is 14.1. The highest BCUT2D eigenvalue weighted by Crippen LogP contribution is 2.42. The molecule has 4 heteroatoms. The van der Waals surface area contributed by atoms with Crippen LogP contribution in [0.3, 0.4) is 0 Å². The Morgan fingerprint density at radius 1 is 1.14 bits per heavy atom. The molecule has 0 aliphatic heterocycles. The van der Waals surface area contributed by atoms with Crippen molar-refractivity contribution in [2.75, 3.05) is 12.8 Å². The van der Waals surface area contributed by atoms with Crippen LogP contribution in [0.15, 0.2) is 0 Å². The highest BCUT2D eigenvalue weighted by atomic mass is 31.2. The summed E-state index contributed by atoms with van der Waals surface area (Å²) in [5, 5.41) is 0. The first-order chi connectivity index (χ1) is 6.62. The maximum atomic E-state index is 11.1. The van der Waals surface area contributed by atoms with Crippen LogP contribution in [0.5, 0.6) is 0 Å². The van der Waals surface area contributed by atoms with Crippen LogP contribution in [0.25, 0.3) is 0 Å². The molecule has 1 N–H and O–H groups in total. The van der Waals surface area contributed by atoms with Gasteiger partial charge in [0.25, 0.3) is 0 Å². The average molecular weight is 224 g/mol. The second kappa shape index (κ2) is 11.2. The fourth-order valence-corrected chi connectivity index (χ4v) is 2.16. The lowest BCUT2D eigenvalue weighted by atomic mass is 10.2. The third-order valence-corrected chi connectivity index (χ3v) is 3.17. The molecule has 88 valence electrons. The van der Waals surface area contributed by atoms with Crippen LogP contribution in [-0.2, 0) is 9.09 Å². The number of rotatable bonds is 7. The summed E-state index contributed by atoms with van der Waals surface area (Å²) in [7, 11) is -3.23. The summed E-state index contributed by atoms with van der Waals surface area (Å²) in [6.45, 7) is 8.16. The monoisotopic (exact) mass is 224 g/mol. The van der Waals surface area contributed by atoms with Gasteiger partial charge in [0.15, 0.2) is 0 Å². The SMILES string of the molecule is CC.CCCCCCP(=O)(O)OCC. The topological polar surface area (TPSA) is 46.5 Å². The van der Waals surface area contributed by atoms with E-state index in [2.05, 4.69) is 6.92 Å². The molecule has 1 atom stereocenters. The zero-order chi connectivity index (χ0) is 11.4. The molecule has 0 bridgehead atoms. The molecule has 0 saturated heterocycles. The maximum Gasteiger partial charge on any atom is 0.328 e. The van der Waals surface area contributed by atoms with E-state index in [0.717, 1.165) is 25.7 Å². The van der Waals surface area contributed by atoms with Gasteiger partial charge in [-0.3, -0.25) is 4.57 Å². The Morgan fingerprint density at radius 2 is 1.71 bits per heavy atom. The van der Waals surface area contributed by atoms with Gasteiger partial charge in [-0.15, -0.1) is 0 Å². The van der Waals surface area contributed by atoms with Gasteiger partial charge >= 0.3 is 7.60 Å². The van der Waals surface area contributed by atoms with Gasteiger partial charge in [0.05, 0.1) is 6.61 Å². The fraction of sp³-hybridized carbons (Fsp3) is 1.00. The van der Waals surface area contributed by atoms with Gasteiger partial charge < -0.3 is 9.42 Å². The third-order valence-electron chi connectivity index (χ3n) is 1.63. The molecule has 0 aliphatic carbocycles. The third kappa shape index (κ3) is 12.2. The fourth-order valence-electron chi connectivity index (χ4n) is 1.00. The van der Waals surface area contributed by atoms with Crippen LogP contribution in [0.2, 0.25) is 0 Å². The van der Waals surface area contributed by atoms with E-state index in [1.54, 1.807) is 6.92 Å². The lowest BCUT2D eigenvalue weighted by molar-refractivity contribution is 0.273. The van der Waals surface area contributed by atoms with Crippen LogP contribution in [0, 0.1) is 0 Å². The molecule has 0 amide bonds. The summed E-state index contributed by atoms with van der Waals surface area (Å²) in [4.78, 5) is 9.15. The largest absolute Gasteiger partial charge is 0.328 e. The zero-order valence-corrected chi connectivity index (χ0v) is 10.8. The number of unbranched alkanes of at least 4 members (excludes halogenated alkanes) is 3. The van der Waals surface area contributed by atoms with Crippen molar-refractivity contribution in [1.29, 1.82) is 0 Å². The molecular formula is C10H25O3P. The van der Waals surface area contributed by atoms with E-state index in [0.29, 0.717) is 12.8 Å². The minimum absolute atomic E-state index is 0.306. The second-order valence-corrected chi connectivity index (χ2v) is 4.82. The highest BCUT2D eigenvalue weighted by molar-refractivity contribution is 7.52. The predicted octanol–water partition coefficient (Wildman–Crippen LogP) is 3.81. The van der Waals surface area contributed by atoms with E-state index in [-0.39, 0.29) is 0 Å². The molecule has 0 heterocycles. The van der Waals surface area contributed by atoms with E-state index in [9.17, 15) is 4.57 Å². The summed E-state index contributed by atoms with van der Waals surface area (Å²) in [5.41, 5.74) is 0. The Morgan fingerprint density at radius 3 is 2.14 bits per heavy atom. The van der Waals surface area contributed by atoms with Gasteiger partial charge in [-0.25, -0.2) is 0 Å². The average Bonchev–Trinajstić information content (AvgIpc) is 2.16. The van der Waals surface area contributed by atoms with Crippen molar-refractivity contribution in [3.05, 3.63) is 0 Å². The Bertz CT molecular complexity index is 148. The van der Waals surface area contributed by atoms with Crippen molar-refractivity contribution in [3.63, 3.8) is 0 Å². The molecule has 0 aliphatic rings. The first kappa shape index (κ1) is 16.6. The minimum atomic E-state index is -3.23. The maximum absolute atomic E-state index is 11.1. The lowest BCUT2D eigenvalue weighted by Gasteiger charge is -2.09. The Balaban J connectivity index is 0. The van der Waals surface area contributed by atoms with Crippen molar-refractivity contribution in [1.82, 2.24) is 0 Å². The van der Waals surface area contributed by atoms with E-state index in [1.165, 1.54) is 0 Å². The van der Waals surface area contributed by atoms with Crippen molar-refractivity contribution in [3.8, 4) is 0 Å². The molecule has 1 unspecified atom stereocenters. The van der Waals surface area contributed by atoms with Crippen LogP contribution in [-0.4, -0.2) is 17.7 Å². The number of hydrogen-bond donors (Lipinski definition) is 1. The minimum Gasteiger partial charge on any atom is -0.324 e. The summed E-state index contributed by atoms with van der Waals surface area (Å²) in [6.07, 6.45) is 4.40. The van der Waals surface area contributed by atoms with Crippen molar-refractivity contribution in [2.24, 2.45) is 0 Å². The molecule has 0 aromatic heterocycles. The molecule has 0 saturated carbocycles. The highest BCUT2D eigenvalue weighted by Gasteiger charge is 2.16. The smallest absolute Gasteiger partial charge is 0.324 e. The van der Waals surface area contributed by atoms with Gasteiger partial charge in [0.2, 0.25) is 0 Å². The van der Waals surface area contributed by atoms with E-state index >= 15 is 0 Å². The molecule has 0 aromatic carbocycles. The second-order valence-electron chi connectivity index (χ2n) is 2.84. The van der Waals surface area contributed by atoms with Gasteiger partial charge in [-0.2, -0.15) is 0 Å². The van der Waals surface area contributed by atoms with E-state index < -0.39 is 7.60 Å². The summed E-state index contributed by atoms with van der Waals surface area (Å²) in [6, 6.07) is 0. The molecule has 0 aromatic rings. The van der Waals surface area contributed by atoms with Crippen LogP contribution >= 0.6 is 7.60 Å². The van der Waals surface area contributed by atoms with Crippen LogP contribution < -0.4 is 0 Å². The zero-order valence-electron chi connectivity index (χ0n) is 9.95. The molecule has 0 fully saturated rings. The molecule has 0 rings (SSSR count). The van der Waals surface area contributed by atoms with Gasteiger partial charge in [-0.1, -0.05) is 40.0 Å². The first-order valence-electron chi connectivity index (χ1n) is 5.58. The van der Waals surface area contributed by atoms with Crippen molar-refractivity contribution >= 4 is 7.60 Å². The van der Waals surface area contributed by atoms with Gasteiger partial charge in [0.1, 0.15) is 0 Å². The molecular weight excluding hydrogens is 199 g/mol.